The lowest BCUT2D eigenvalue weighted by Gasteiger charge is -2.26. The summed E-state index contributed by atoms with van der Waals surface area (Å²) in [5.41, 5.74) is 6.97. The zero-order valence-corrected chi connectivity index (χ0v) is 10.9. The molecule has 2 aromatic rings. The first-order valence-electron chi connectivity index (χ1n) is 6.18. The van der Waals surface area contributed by atoms with Gasteiger partial charge in [0.05, 0.1) is 5.41 Å². The van der Waals surface area contributed by atoms with Crippen LogP contribution in [0.5, 0.6) is 0 Å². The Morgan fingerprint density at radius 1 is 1.11 bits per heavy atom. The molecule has 2 aromatic heterocycles. The second-order valence-electron chi connectivity index (χ2n) is 5.00. The van der Waals surface area contributed by atoms with Gasteiger partial charge in [0.1, 0.15) is 0 Å². The summed E-state index contributed by atoms with van der Waals surface area (Å²) in [6.07, 6.45) is 8.11. The van der Waals surface area contributed by atoms with Crippen molar-refractivity contribution in [3.63, 3.8) is 0 Å². The molecule has 0 spiro atoms. The number of primary amides is 1. The Balaban J connectivity index is 2.21. The maximum atomic E-state index is 11.8. The molecular formula is C15H17N3O. The molecule has 0 aliphatic rings. The summed E-state index contributed by atoms with van der Waals surface area (Å²) in [7, 11) is 0. The molecule has 2 rings (SSSR count). The molecule has 0 aromatic carbocycles. The van der Waals surface area contributed by atoms with Crippen LogP contribution in [0.25, 0.3) is 0 Å². The van der Waals surface area contributed by atoms with E-state index in [4.69, 9.17) is 5.73 Å². The molecule has 0 bridgehead atoms. The fourth-order valence-corrected chi connectivity index (χ4v) is 2.14. The number of aromatic nitrogens is 2. The van der Waals surface area contributed by atoms with Crippen LogP contribution in [0.15, 0.2) is 49.1 Å². The lowest BCUT2D eigenvalue weighted by atomic mass is 9.78. The van der Waals surface area contributed by atoms with Crippen LogP contribution in [0.2, 0.25) is 0 Å². The zero-order chi connectivity index (χ0) is 13.7. The zero-order valence-electron chi connectivity index (χ0n) is 10.9. The molecule has 0 saturated heterocycles. The van der Waals surface area contributed by atoms with Gasteiger partial charge in [-0.2, -0.15) is 0 Å². The van der Waals surface area contributed by atoms with Crippen LogP contribution in [0.1, 0.15) is 18.1 Å². The third-order valence-corrected chi connectivity index (χ3v) is 3.23. The topological polar surface area (TPSA) is 68.9 Å². The number of pyridine rings is 2. The normalized spacial score (nSPS) is 11.2. The van der Waals surface area contributed by atoms with Gasteiger partial charge in [-0.3, -0.25) is 14.8 Å². The van der Waals surface area contributed by atoms with E-state index in [9.17, 15) is 4.79 Å². The molecule has 0 fully saturated rings. The first-order chi connectivity index (χ1) is 9.10. The molecule has 19 heavy (non-hydrogen) atoms. The molecule has 0 radical (unpaired) electrons. The molecule has 1 amide bonds. The molecular weight excluding hydrogens is 238 g/mol. The van der Waals surface area contributed by atoms with Gasteiger partial charge < -0.3 is 5.73 Å². The third kappa shape index (κ3) is 3.37. The van der Waals surface area contributed by atoms with Crippen LogP contribution in [0, 0.1) is 5.41 Å². The lowest BCUT2D eigenvalue weighted by Crippen LogP contribution is -2.38. The number of carbonyl (C=O) groups excluding carboxylic acids is 1. The molecule has 4 heteroatoms. The minimum atomic E-state index is -0.633. The highest BCUT2D eigenvalue weighted by molar-refractivity contribution is 5.81. The van der Waals surface area contributed by atoms with Crippen molar-refractivity contribution in [2.24, 2.45) is 11.1 Å². The van der Waals surface area contributed by atoms with Crippen LogP contribution in [-0.4, -0.2) is 15.9 Å². The van der Waals surface area contributed by atoms with Crippen LogP contribution < -0.4 is 5.73 Å². The maximum absolute atomic E-state index is 11.8. The summed E-state index contributed by atoms with van der Waals surface area (Å²) < 4.78 is 0. The first kappa shape index (κ1) is 13.2. The number of nitrogens with two attached hydrogens (primary N) is 1. The number of amides is 1. The van der Waals surface area contributed by atoms with Gasteiger partial charge in [-0.05, 0) is 36.1 Å². The van der Waals surface area contributed by atoms with Gasteiger partial charge in [-0.15, -0.1) is 0 Å². The molecule has 2 N–H and O–H groups in total. The van der Waals surface area contributed by atoms with Gasteiger partial charge in [-0.25, -0.2) is 0 Å². The number of hydrogen-bond donors (Lipinski definition) is 1. The molecule has 0 aliphatic heterocycles. The summed E-state index contributed by atoms with van der Waals surface area (Å²) in [5, 5.41) is 0. The van der Waals surface area contributed by atoms with Crippen molar-refractivity contribution in [2.45, 2.75) is 19.8 Å². The average Bonchev–Trinajstić information content (AvgIpc) is 2.40. The summed E-state index contributed by atoms with van der Waals surface area (Å²) in [6, 6.07) is 7.64. The van der Waals surface area contributed by atoms with Crippen molar-refractivity contribution in [2.75, 3.05) is 0 Å². The average molecular weight is 255 g/mol. The Hall–Kier alpha value is -2.23. The summed E-state index contributed by atoms with van der Waals surface area (Å²) in [6.45, 7) is 1.88. The van der Waals surface area contributed by atoms with Gasteiger partial charge >= 0.3 is 0 Å². The molecule has 98 valence electrons. The largest absolute Gasteiger partial charge is 0.369 e. The van der Waals surface area contributed by atoms with E-state index >= 15 is 0 Å². The highest BCUT2D eigenvalue weighted by atomic mass is 16.1. The number of hydrogen-bond acceptors (Lipinski definition) is 3. The first-order valence-corrected chi connectivity index (χ1v) is 6.18. The van der Waals surface area contributed by atoms with E-state index < -0.39 is 5.41 Å². The van der Waals surface area contributed by atoms with Crippen LogP contribution in [-0.2, 0) is 17.6 Å². The highest BCUT2D eigenvalue weighted by Gasteiger charge is 2.31. The SMILES string of the molecule is CC(Cc1cccnc1)(Cc1cccnc1)C(N)=O. The van der Waals surface area contributed by atoms with E-state index in [1.807, 2.05) is 31.2 Å². The number of carbonyl (C=O) groups is 1. The Kier molecular flexibility index (Phi) is 3.90. The van der Waals surface area contributed by atoms with Crippen molar-refractivity contribution in [1.29, 1.82) is 0 Å². The van der Waals surface area contributed by atoms with Crippen LogP contribution >= 0.6 is 0 Å². The molecule has 2 heterocycles. The summed E-state index contributed by atoms with van der Waals surface area (Å²) >= 11 is 0. The molecule has 0 atom stereocenters. The Morgan fingerprint density at radius 3 is 1.89 bits per heavy atom. The highest BCUT2D eigenvalue weighted by Crippen LogP contribution is 2.26. The van der Waals surface area contributed by atoms with Gasteiger partial charge in [0.2, 0.25) is 5.91 Å². The molecule has 0 unspecified atom stereocenters. The fraction of sp³-hybridized carbons (Fsp3) is 0.267. The Morgan fingerprint density at radius 2 is 1.58 bits per heavy atom. The molecule has 0 aliphatic carbocycles. The number of nitrogens with zero attached hydrogens (tertiary/aromatic N) is 2. The minimum absolute atomic E-state index is 0.305. The summed E-state index contributed by atoms with van der Waals surface area (Å²) in [4.78, 5) is 20.0. The minimum Gasteiger partial charge on any atom is -0.369 e. The van der Waals surface area contributed by atoms with E-state index in [1.54, 1.807) is 24.8 Å². The second-order valence-corrected chi connectivity index (χ2v) is 5.00. The smallest absolute Gasteiger partial charge is 0.224 e. The quantitative estimate of drug-likeness (QED) is 0.885. The number of rotatable bonds is 5. The molecule has 0 saturated carbocycles. The fourth-order valence-electron chi connectivity index (χ4n) is 2.14. The third-order valence-electron chi connectivity index (χ3n) is 3.23. The van der Waals surface area contributed by atoms with E-state index in [0.29, 0.717) is 12.8 Å². The van der Waals surface area contributed by atoms with E-state index in [1.165, 1.54) is 0 Å². The predicted molar refractivity (Wildman–Crippen MR) is 73.2 cm³/mol. The van der Waals surface area contributed by atoms with Gasteiger partial charge in [-0.1, -0.05) is 19.1 Å². The summed E-state index contributed by atoms with van der Waals surface area (Å²) in [5.74, 6) is -0.305. The van der Waals surface area contributed by atoms with Gasteiger partial charge in [0.15, 0.2) is 0 Å². The Bertz CT molecular complexity index is 498. The van der Waals surface area contributed by atoms with Crippen molar-refractivity contribution in [1.82, 2.24) is 9.97 Å². The van der Waals surface area contributed by atoms with Gasteiger partial charge in [0.25, 0.3) is 0 Å². The lowest BCUT2D eigenvalue weighted by molar-refractivity contribution is -0.126. The van der Waals surface area contributed by atoms with Crippen molar-refractivity contribution in [3.05, 3.63) is 60.2 Å². The van der Waals surface area contributed by atoms with Crippen molar-refractivity contribution < 1.29 is 4.79 Å². The Labute approximate surface area is 112 Å². The van der Waals surface area contributed by atoms with Crippen molar-refractivity contribution in [3.8, 4) is 0 Å². The molecule has 4 nitrogen and oxygen atoms in total. The van der Waals surface area contributed by atoms with Crippen molar-refractivity contribution >= 4 is 5.91 Å². The van der Waals surface area contributed by atoms with Crippen LogP contribution in [0.3, 0.4) is 0 Å². The maximum Gasteiger partial charge on any atom is 0.224 e. The van der Waals surface area contributed by atoms with Crippen LogP contribution in [0.4, 0.5) is 0 Å². The van der Waals surface area contributed by atoms with E-state index in [2.05, 4.69) is 9.97 Å². The predicted octanol–water partition coefficient (Wildman–Crippen LogP) is 1.75. The van der Waals surface area contributed by atoms with E-state index in [0.717, 1.165) is 11.1 Å². The monoisotopic (exact) mass is 255 g/mol. The van der Waals surface area contributed by atoms with E-state index in [-0.39, 0.29) is 5.91 Å². The standard InChI is InChI=1S/C15H17N3O/c1-15(14(16)19,8-12-4-2-6-17-10-12)9-13-5-3-7-18-11-13/h2-7,10-11H,8-9H2,1H3,(H2,16,19). The second kappa shape index (κ2) is 5.61. The van der Waals surface area contributed by atoms with Gasteiger partial charge in [0, 0.05) is 24.8 Å².